The highest BCUT2D eigenvalue weighted by atomic mass is 127. The zero-order valence-electron chi connectivity index (χ0n) is 7.33. The molecule has 0 unspecified atom stereocenters. The molecule has 0 aromatic heterocycles. The van der Waals surface area contributed by atoms with Gasteiger partial charge in [-0.2, -0.15) is 0 Å². The molecule has 1 saturated carbocycles. The maximum absolute atomic E-state index is 5.24. The van der Waals surface area contributed by atoms with Crippen LogP contribution in [0.1, 0.15) is 32.1 Å². The number of nitrogens with zero attached hydrogens (tertiary/aromatic N) is 1. The zero-order valence-corrected chi connectivity index (χ0v) is 9.66. The summed E-state index contributed by atoms with van der Waals surface area (Å²) in [6.07, 6.45) is 6.70. The summed E-state index contributed by atoms with van der Waals surface area (Å²) in [5.74, 6) is 0.974. The van der Waals surface area contributed by atoms with E-state index in [4.69, 9.17) is 11.5 Å². The Bertz CT molecular complexity index is 137. The van der Waals surface area contributed by atoms with Gasteiger partial charge in [-0.3, -0.25) is 4.99 Å². The van der Waals surface area contributed by atoms with Gasteiger partial charge in [0.2, 0.25) is 0 Å². The molecule has 1 fully saturated rings. The third kappa shape index (κ3) is 4.79. The Morgan fingerprint density at radius 2 is 1.75 bits per heavy atom. The van der Waals surface area contributed by atoms with Crippen molar-refractivity contribution in [1.29, 1.82) is 0 Å². The lowest BCUT2D eigenvalue weighted by Crippen LogP contribution is -2.24. The van der Waals surface area contributed by atoms with Crippen molar-refractivity contribution in [1.82, 2.24) is 0 Å². The number of hydrogen-bond acceptors (Lipinski definition) is 1. The van der Waals surface area contributed by atoms with Gasteiger partial charge in [0.05, 0.1) is 0 Å². The van der Waals surface area contributed by atoms with E-state index in [1.165, 1.54) is 32.1 Å². The Kier molecular flexibility index (Phi) is 6.51. The van der Waals surface area contributed by atoms with E-state index in [0.717, 1.165) is 12.5 Å². The number of guanidine groups is 1. The summed E-state index contributed by atoms with van der Waals surface area (Å²) in [4.78, 5) is 4.02. The predicted molar refractivity (Wildman–Crippen MR) is 62.7 cm³/mol. The molecule has 1 aliphatic rings. The number of halogens is 1. The van der Waals surface area contributed by atoms with E-state index in [9.17, 15) is 0 Å². The standard InChI is InChI=1S/C8H17N3.HI/c9-8(10)11-6-7-4-2-1-3-5-7;/h7H,1-6H2,(H4,9,10,11);1H. The molecule has 0 aromatic rings. The minimum Gasteiger partial charge on any atom is -0.370 e. The second kappa shape index (κ2) is 6.51. The van der Waals surface area contributed by atoms with Crippen molar-refractivity contribution in [2.24, 2.45) is 22.4 Å². The molecule has 3 nitrogen and oxygen atoms in total. The van der Waals surface area contributed by atoms with E-state index >= 15 is 0 Å². The van der Waals surface area contributed by atoms with E-state index in [0.29, 0.717) is 0 Å². The molecule has 0 saturated heterocycles. The average Bonchev–Trinajstić information content (AvgIpc) is 2.03. The second-order valence-electron chi connectivity index (χ2n) is 3.27. The molecule has 0 atom stereocenters. The molecule has 0 amide bonds. The van der Waals surface area contributed by atoms with Crippen LogP contribution in [0.4, 0.5) is 0 Å². The van der Waals surface area contributed by atoms with Crippen molar-refractivity contribution in [3.05, 3.63) is 0 Å². The Balaban J connectivity index is 0.00000121. The van der Waals surface area contributed by atoms with Gasteiger partial charge in [0.25, 0.3) is 0 Å². The zero-order chi connectivity index (χ0) is 8.10. The van der Waals surface area contributed by atoms with Crippen molar-refractivity contribution in [2.45, 2.75) is 32.1 Å². The van der Waals surface area contributed by atoms with Gasteiger partial charge in [-0.1, -0.05) is 19.3 Å². The maximum atomic E-state index is 5.24. The second-order valence-corrected chi connectivity index (χ2v) is 3.27. The summed E-state index contributed by atoms with van der Waals surface area (Å²) in [5.41, 5.74) is 10.5. The van der Waals surface area contributed by atoms with Crippen LogP contribution in [0.2, 0.25) is 0 Å². The Morgan fingerprint density at radius 3 is 2.25 bits per heavy atom. The third-order valence-corrected chi connectivity index (χ3v) is 2.26. The summed E-state index contributed by atoms with van der Waals surface area (Å²) < 4.78 is 0. The van der Waals surface area contributed by atoms with E-state index in [1.54, 1.807) is 0 Å². The molecule has 72 valence electrons. The molecule has 0 radical (unpaired) electrons. The third-order valence-electron chi connectivity index (χ3n) is 2.26. The first-order valence-electron chi connectivity index (χ1n) is 4.34. The topological polar surface area (TPSA) is 64.4 Å². The van der Waals surface area contributed by atoms with Gasteiger partial charge in [-0.15, -0.1) is 24.0 Å². The van der Waals surface area contributed by atoms with Crippen molar-refractivity contribution in [2.75, 3.05) is 6.54 Å². The van der Waals surface area contributed by atoms with Crippen molar-refractivity contribution < 1.29 is 0 Å². The van der Waals surface area contributed by atoms with Crippen LogP contribution in [0.25, 0.3) is 0 Å². The molecule has 1 aliphatic carbocycles. The molecule has 1 rings (SSSR count). The van der Waals surface area contributed by atoms with Gasteiger partial charge < -0.3 is 11.5 Å². The minimum atomic E-state index is 0. The molecule has 0 aromatic carbocycles. The quantitative estimate of drug-likeness (QED) is 0.458. The molecule has 0 heterocycles. The number of aliphatic imine (C=N–C) groups is 1. The number of hydrogen-bond donors (Lipinski definition) is 2. The summed E-state index contributed by atoms with van der Waals surface area (Å²) in [5, 5.41) is 0. The monoisotopic (exact) mass is 283 g/mol. The predicted octanol–water partition coefficient (Wildman–Crippen LogP) is 1.46. The average molecular weight is 283 g/mol. The highest BCUT2D eigenvalue weighted by Gasteiger charge is 2.11. The molecule has 12 heavy (non-hydrogen) atoms. The van der Waals surface area contributed by atoms with Crippen LogP contribution in [-0.4, -0.2) is 12.5 Å². The minimum absolute atomic E-state index is 0. The normalized spacial score (nSPS) is 18.0. The SMILES string of the molecule is I.NC(N)=NCC1CCCCC1. The fourth-order valence-electron chi connectivity index (χ4n) is 1.60. The summed E-state index contributed by atoms with van der Waals surface area (Å²) in [7, 11) is 0. The van der Waals surface area contributed by atoms with Gasteiger partial charge in [-0.05, 0) is 18.8 Å². The largest absolute Gasteiger partial charge is 0.370 e. The first-order valence-corrected chi connectivity index (χ1v) is 4.34. The van der Waals surface area contributed by atoms with Crippen LogP contribution in [0.3, 0.4) is 0 Å². The fourth-order valence-corrected chi connectivity index (χ4v) is 1.60. The van der Waals surface area contributed by atoms with Crippen molar-refractivity contribution >= 4 is 29.9 Å². The highest BCUT2D eigenvalue weighted by molar-refractivity contribution is 14.0. The van der Waals surface area contributed by atoms with Crippen molar-refractivity contribution in [3.8, 4) is 0 Å². The lowest BCUT2D eigenvalue weighted by atomic mass is 9.89. The molecule has 4 N–H and O–H groups in total. The van der Waals surface area contributed by atoms with E-state index in [-0.39, 0.29) is 29.9 Å². The highest BCUT2D eigenvalue weighted by Crippen LogP contribution is 2.23. The van der Waals surface area contributed by atoms with E-state index in [1.807, 2.05) is 0 Å². The number of rotatable bonds is 2. The van der Waals surface area contributed by atoms with E-state index < -0.39 is 0 Å². The maximum Gasteiger partial charge on any atom is 0.185 e. The number of nitrogens with two attached hydrogens (primary N) is 2. The lowest BCUT2D eigenvalue weighted by molar-refractivity contribution is 0.367. The van der Waals surface area contributed by atoms with Gasteiger partial charge in [-0.25, -0.2) is 0 Å². The van der Waals surface area contributed by atoms with Crippen LogP contribution in [0, 0.1) is 5.92 Å². The van der Waals surface area contributed by atoms with Crippen LogP contribution < -0.4 is 11.5 Å². The van der Waals surface area contributed by atoms with Gasteiger partial charge >= 0.3 is 0 Å². The van der Waals surface area contributed by atoms with Gasteiger partial charge in [0.15, 0.2) is 5.96 Å². The van der Waals surface area contributed by atoms with Crippen LogP contribution in [0.5, 0.6) is 0 Å². The Morgan fingerprint density at radius 1 is 1.17 bits per heavy atom. The molecule has 0 aliphatic heterocycles. The Hall–Kier alpha value is 0. The lowest BCUT2D eigenvalue weighted by Gasteiger charge is -2.19. The van der Waals surface area contributed by atoms with Gasteiger partial charge in [0.1, 0.15) is 0 Å². The molecule has 0 bridgehead atoms. The molecule has 4 heteroatoms. The molecular weight excluding hydrogens is 265 g/mol. The van der Waals surface area contributed by atoms with Gasteiger partial charge in [0, 0.05) is 6.54 Å². The molecular formula is C8H18IN3. The van der Waals surface area contributed by atoms with Crippen molar-refractivity contribution in [3.63, 3.8) is 0 Å². The fraction of sp³-hybridized carbons (Fsp3) is 0.875. The summed E-state index contributed by atoms with van der Waals surface area (Å²) in [6.45, 7) is 0.836. The van der Waals surface area contributed by atoms with Crippen LogP contribution >= 0.6 is 24.0 Å². The first kappa shape index (κ1) is 12.0. The van der Waals surface area contributed by atoms with Crippen LogP contribution in [-0.2, 0) is 0 Å². The Labute approximate surface area is 91.0 Å². The van der Waals surface area contributed by atoms with E-state index in [2.05, 4.69) is 4.99 Å². The summed E-state index contributed by atoms with van der Waals surface area (Å²) in [6, 6.07) is 0. The molecule has 0 spiro atoms. The van der Waals surface area contributed by atoms with Crippen LogP contribution in [0.15, 0.2) is 4.99 Å². The first-order chi connectivity index (χ1) is 5.29. The smallest absolute Gasteiger partial charge is 0.185 e. The summed E-state index contributed by atoms with van der Waals surface area (Å²) >= 11 is 0.